The van der Waals surface area contributed by atoms with Crippen molar-refractivity contribution in [2.45, 2.75) is 172 Å². The number of unbranched alkanes of at least 4 members (excludes halogenated alkanes) is 1. The number of carboxylic acid groups (broad SMARTS) is 1. The zero-order valence-electron chi connectivity index (χ0n) is 72.5. The molecule has 0 aliphatic carbocycles. The summed E-state index contributed by atoms with van der Waals surface area (Å²) in [7, 11) is 6.40. The van der Waals surface area contributed by atoms with Crippen LogP contribution in [0.5, 0.6) is 11.5 Å². The first-order valence-corrected chi connectivity index (χ1v) is 42.7. The number of phenols is 2. The van der Waals surface area contributed by atoms with E-state index >= 15 is 33.6 Å². The number of primary amides is 1. The third kappa shape index (κ3) is 29.5. The van der Waals surface area contributed by atoms with Crippen molar-refractivity contribution in [3.63, 3.8) is 0 Å². The molecule has 40 heteroatoms. The molecule has 0 saturated carbocycles. The van der Waals surface area contributed by atoms with E-state index in [4.69, 9.17) is 5.73 Å². The molecule has 0 bridgehead atoms. The quantitative estimate of drug-likeness (QED) is 0.0393. The van der Waals surface area contributed by atoms with Crippen LogP contribution in [0.25, 0.3) is 10.9 Å². The minimum Gasteiger partial charge on any atom is -0.508 e. The third-order valence-electron chi connectivity index (χ3n) is 21.5. The highest BCUT2D eigenvalue weighted by molar-refractivity contribution is 8.00. The number of para-hydroxylation sites is 1. The van der Waals surface area contributed by atoms with E-state index < -0.39 is 205 Å². The summed E-state index contributed by atoms with van der Waals surface area (Å²) in [5.41, 5.74) is 8.61. The summed E-state index contributed by atoms with van der Waals surface area (Å²) in [6.07, 6.45) is 5.22. The molecule has 0 spiro atoms. The number of H-pyrrole nitrogens is 3. The van der Waals surface area contributed by atoms with Gasteiger partial charge in [0.25, 0.3) is 0 Å². The Labute approximate surface area is 738 Å². The highest BCUT2D eigenvalue weighted by Gasteiger charge is 2.42. The highest BCUT2D eigenvalue weighted by Crippen LogP contribution is 2.24. The average Bonchev–Trinajstić information content (AvgIpc) is 1.40. The van der Waals surface area contributed by atoms with Gasteiger partial charge in [-0.05, 0) is 77.3 Å². The molecule has 1 saturated heterocycles. The Hall–Kier alpha value is -13.7. The molecule has 1 fully saturated rings. The number of aromatic nitrogens is 5. The maximum atomic E-state index is 15.4. The van der Waals surface area contributed by atoms with Gasteiger partial charge in [0.15, 0.2) is 0 Å². The van der Waals surface area contributed by atoms with E-state index in [1.165, 1.54) is 109 Å². The van der Waals surface area contributed by atoms with E-state index in [2.05, 4.69) is 72.8 Å². The molecule has 3 aromatic heterocycles. The number of nitrogens with two attached hydrogens (primary N) is 1. The van der Waals surface area contributed by atoms with E-state index in [1.807, 2.05) is 6.92 Å². The molecule has 7 aromatic rings. The second-order valence-corrected chi connectivity index (χ2v) is 33.3. The second kappa shape index (κ2) is 47.4. The molecule has 8 rings (SSSR count). The Morgan fingerprint density at radius 2 is 0.992 bits per heavy atom. The fourth-order valence-corrected chi connectivity index (χ4v) is 15.3. The number of nitrogens with one attached hydrogen (secondary N) is 12. The normalized spacial score (nSPS) is 22.1. The van der Waals surface area contributed by atoms with Gasteiger partial charge in [-0.25, -0.2) is 9.97 Å². The van der Waals surface area contributed by atoms with Crippen LogP contribution >= 0.6 is 11.8 Å². The van der Waals surface area contributed by atoms with Crippen LogP contribution in [0.2, 0.25) is 0 Å². The Morgan fingerprint density at radius 3 is 1.55 bits per heavy atom. The average molecular weight is 1780 g/mol. The lowest BCUT2D eigenvalue weighted by Crippen LogP contribution is -2.61. The summed E-state index contributed by atoms with van der Waals surface area (Å²) in [6, 6.07) is 9.74. The van der Waals surface area contributed by atoms with Crippen LogP contribution in [-0.2, 0) is 115 Å². The van der Waals surface area contributed by atoms with Crippen molar-refractivity contribution in [1.29, 1.82) is 0 Å². The zero-order valence-corrected chi connectivity index (χ0v) is 73.3. The van der Waals surface area contributed by atoms with Gasteiger partial charge < -0.3 is 108 Å². The molecule has 1 unspecified atom stereocenters. The van der Waals surface area contributed by atoms with Gasteiger partial charge in [0.05, 0.1) is 44.5 Å². The van der Waals surface area contributed by atoms with E-state index in [0.29, 0.717) is 57.4 Å². The van der Waals surface area contributed by atoms with Crippen molar-refractivity contribution in [3.05, 3.63) is 168 Å². The molecule has 682 valence electrons. The van der Waals surface area contributed by atoms with Crippen LogP contribution in [0.4, 0.5) is 0 Å². The van der Waals surface area contributed by atoms with Gasteiger partial charge in [-0.3, -0.25) is 76.7 Å². The van der Waals surface area contributed by atoms with E-state index in [0.717, 1.165) is 36.3 Å². The number of likely N-dealkylation sites (N-methyl/N-ethyl adjacent to an activating group) is 5. The molecule has 1 aliphatic rings. The number of nitrogens with zero attached hydrogens (tertiary/aromatic N) is 7. The molecule has 11 atom stereocenters. The van der Waals surface area contributed by atoms with Crippen LogP contribution in [0.1, 0.15) is 100 Å². The Morgan fingerprint density at radius 1 is 0.504 bits per heavy atom. The van der Waals surface area contributed by atoms with Gasteiger partial charge in [-0.15, -0.1) is 11.8 Å². The van der Waals surface area contributed by atoms with E-state index in [1.54, 1.807) is 88.5 Å². The van der Waals surface area contributed by atoms with E-state index in [-0.39, 0.29) is 68.8 Å². The van der Waals surface area contributed by atoms with Crippen molar-refractivity contribution in [2.75, 3.05) is 66.4 Å². The monoisotopic (exact) mass is 1770 g/mol. The number of carboxylic acids is 1. The van der Waals surface area contributed by atoms with Crippen LogP contribution < -0.4 is 53.6 Å². The number of phenolic OH excluding ortho intramolecular Hbond substituents is 2. The lowest BCUT2D eigenvalue weighted by atomic mass is 9.99. The lowest BCUT2D eigenvalue weighted by Gasteiger charge is -2.37. The number of rotatable bonds is 23. The number of fused-ring (bicyclic) bond motifs is 1. The fraction of sp³-hybridized carbons (Fsp3) is 0.448. The topological polar surface area (TPSA) is 557 Å². The van der Waals surface area contributed by atoms with Gasteiger partial charge in [-0.1, -0.05) is 120 Å². The predicted octanol–water partition coefficient (Wildman–Crippen LogP) is -0.227. The summed E-state index contributed by atoms with van der Waals surface area (Å²) < 4.78 is 0. The fourth-order valence-electron chi connectivity index (χ4n) is 14.5. The molecule has 4 aromatic carbocycles. The summed E-state index contributed by atoms with van der Waals surface area (Å²) in [5.74, 6) is -17.8. The van der Waals surface area contributed by atoms with Crippen molar-refractivity contribution in [2.24, 2.45) is 17.6 Å². The van der Waals surface area contributed by atoms with Crippen LogP contribution in [0.3, 0.4) is 0 Å². The number of aromatic hydroxyl groups is 2. The SMILES string of the molecule is CCCC[C@H]1C(=O)N(C)CC(=O)NC(CC(=O)O)C(=O)N[C@@H](C(C)C)C(=O)N(C)[C@@H](Cc2cnc[nH]2)C(=O)N[C@@H](Cc2ccc(O)cc2)C(=O)N(C)CC(=O)N[C@@H](Cc2c[nH]c3ccccc23)C(=O)N[C@@H](Cc2ccc(O)cc2)C(=O)N[C@@H](CC(C)C)C(=O)N[C@H](C(=O)NCC(N)=O)CSCC(=O)N[C@@H](Cc2ccccc2)C(=O)N(C)[C@@H](Cc2cnc[nH]2)C(=O)N1C. The largest absolute Gasteiger partial charge is 0.508 e. The molecule has 17 N–H and O–H groups in total. The van der Waals surface area contributed by atoms with Crippen LogP contribution in [-0.4, -0.2) is 292 Å². The molecule has 39 nitrogen and oxygen atoms in total. The van der Waals surface area contributed by atoms with Crippen molar-refractivity contribution >= 4 is 117 Å². The van der Waals surface area contributed by atoms with Gasteiger partial charge in [0, 0.05) is 120 Å². The molecule has 1 aliphatic heterocycles. The minimum absolute atomic E-state index is 0.0113. The van der Waals surface area contributed by atoms with Gasteiger partial charge in [0.1, 0.15) is 78.0 Å². The van der Waals surface area contributed by atoms with Gasteiger partial charge >= 0.3 is 5.97 Å². The number of carbonyl (C=O) groups is 16. The predicted molar refractivity (Wildman–Crippen MR) is 466 cm³/mol. The molecular formula is C87H114N20O19S. The summed E-state index contributed by atoms with van der Waals surface area (Å²) in [6.45, 7) is 6.07. The van der Waals surface area contributed by atoms with Crippen molar-refractivity contribution in [1.82, 2.24) is 97.3 Å². The highest BCUT2D eigenvalue weighted by atomic mass is 32.2. The van der Waals surface area contributed by atoms with Crippen LogP contribution in [0.15, 0.2) is 134 Å². The van der Waals surface area contributed by atoms with Crippen molar-refractivity contribution < 1.29 is 92.0 Å². The van der Waals surface area contributed by atoms with E-state index in [9.17, 15) is 58.5 Å². The number of imidazole rings is 2. The first-order chi connectivity index (χ1) is 60.4. The van der Waals surface area contributed by atoms with Crippen molar-refractivity contribution in [3.8, 4) is 11.5 Å². The summed E-state index contributed by atoms with van der Waals surface area (Å²) >= 11 is 0.817. The number of aliphatic carboxylic acids is 1. The number of hydrogen-bond donors (Lipinski definition) is 16. The standard InChI is InChI=1S/C87H114N20O19S/c1-11-12-22-68-85(124)104(7)44-73(112)96-64(38-75(114)115)81(120)102-76(50(4)5)87(126)106(9)69(36-55-40-89-47-93-55)82(121)100-65(34-53-25-29-58(109)30-26-53)83(122)103(6)43-72(111)95-63(35-54-39-91-60-21-17-16-20-59(54)60)80(119)99-62(32-52-23-27-57(108)28-24-52)79(118)98-61(31-49(2)3)78(117)101-67(77(116)92-42-71(88)110)45-127-46-74(113)97-66(33-51-18-14-13-15-19-51)84(123)107(10)70(86(125)105(68)8)37-56-41-90-48-94-56/h13-21,23-30,39-41,47-50,61-70,76,91,108-109H,11-12,22,31-38,42-46H2,1-10H3,(H2,88,110)(H,89,93)(H,90,94)(H,92,116)(H,95,111)(H,96,112)(H,97,113)(H,98,118)(H,99,119)(H,100,121)(H,101,117)(H,102,120)(H,114,115)/t61-,62-,63-,64?,65-,66-,67-,68-,69-,70-,76-/m0/s1. The Kier molecular flexibility index (Phi) is 36.9. The molecular weight excluding hydrogens is 1660 g/mol. The smallest absolute Gasteiger partial charge is 0.305 e. The van der Waals surface area contributed by atoms with Gasteiger partial charge in [-0.2, -0.15) is 0 Å². The first kappa shape index (κ1) is 98.7. The Balaban J connectivity index is 1.20. The maximum Gasteiger partial charge on any atom is 0.305 e. The number of aromatic amines is 3. The minimum atomic E-state index is -1.92. The van der Waals surface area contributed by atoms with Crippen LogP contribution in [0, 0.1) is 11.8 Å². The first-order valence-electron chi connectivity index (χ1n) is 41.5. The number of benzene rings is 4. The number of carbonyl (C=O) groups excluding carboxylic acids is 15. The lowest BCUT2D eigenvalue weighted by molar-refractivity contribution is -0.151. The maximum absolute atomic E-state index is 15.4. The molecule has 4 heterocycles. The Bertz CT molecular complexity index is 4980. The second-order valence-electron chi connectivity index (χ2n) is 32.2. The third-order valence-corrected chi connectivity index (χ3v) is 22.5. The number of amides is 15. The van der Waals surface area contributed by atoms with Gasteiger partial charge in [0.2, 0.25) is 88.6 Å². The molecule has 0 radical (unpaired) electrons. The number of thioether (sulfide) groups is 1. The summed E-state index contributed by atoms with van der Waals surface area (Å²) in [5, 5.41) is 55.3. The molecule has 15 amide bonds. The number of hydrogen-bond acceptors (Lipinski definition) is 21. The zero-order chi connectivity index (χ0) is 92.9. The molecule has 127 heavy (non-hydrogen) atoms. The summed E-state index contributed by atoms with van der Waals surface area (Å²) in [4.78, 5) is 256.